The lowest BCUT2D eigenvalue weighted by molar-refractivity contribution is 0.325. The summed E-state index contributed by atoms with van der Waals surface area (Å²) in [7, 11) is 0. The van der Waals surface area contributed by atoms with Crippen molar-refractivity contribution in [1.82, 2.24) is 5.32 Å². The highest BCUT2D eigenvalue weighted by Crippen LogP contribution is 2.18. The van der Waals surface area contributed by atoms with Crippen molar-refractivity contribution >= 4 is 0 Å². The Kier molecular flexibility index (Phi) is 8.26. The lowest BCUT2D eigenvalue weighted by atomic mass is 9.89. The molecular weight excluding hydrogens is 170 g/mol. The van der Waals surface area contributed by atoms with Crippen molar-refractivity contribution in [3.63, 3.8) is 0 Å². The minimum absolute atomic E-state index is 0.820. The molecule has 0 spiro atoms. The van der Waals surface area contributed by atoms with E-state index in [2.05, 4.69) is 39.9 Å². The number of nitrogens with one attached hydrogen (secondary N) is 1. The fourth-order valence-electron chi connectivity index (χ4n) is 1.59. The Morgan fingerprint density at radius 3 is 2.07 bits per heavy atom. The smallest absolute Gasteiger partial charge is 0.00206 e. The Bertz CT molecular complexity index is 120. The van der Waals surface area contributed by atoms with Gasteiger partial charge in [0.1, 0.15) is 0 Å². The average molecular weight is 199 g/mol. The van der Waals surface area contributed by atoms with Crippen molar-refractivity contribution in [1.29, 1.82) is 0 Å². The number of hydrogen-bond donors (Lipinski definition) is 1. The molecule has 1 N–H and O–H groups in total. The molecule has 0 aliphatic carbocycles. The summed E-state index contributed by atoms with van der Waals surface area (Å²) in [6.45, 7) is 14.0. The topological polar surface area (TPSA) is 12.0 Å². The van der Waals surface area contributed by atoms with Crippen LogP contribution in [0.1, 0.15) is 53.9 Å². The summed E-state index contributed by atoms with van der Waals surface area (Å²) < 4.78 is 0. The van der Waals surface area contributed by atoms with Gasteiger partial charge in [-0.1, -0.05) is 47.5 Å². The zero-order valence-corrected chi connectivity index (χ0v) is 10.8. The maximum Gasteiger partial charge on any atom is -0.00206 e. The lowest BCUT2D eigenvalue weighted by Crippen LogP contribution is -2.25. The van der Waals surface area contributed by atoms with E-state index >= 15 is 0 Å². The summed E-state index contributed by atoms with van der Waals surface area (Å²) in [5.41, 5.74) is 0. The van der Waals surface area contributed by atoms with Crippen molar-refractivity contribution in [3.8, 4) is 0 Å². The van der Waals surface area contributed by atoms with Gasteiger partial charge in [0, 0.05) is 0 Å². The van der Waals surface area contributed by atoms with E-state index in [1.165, 1.54) is 32.4 Å². The van der Waals surface area contributed by atoms with Crippen LogP contribution in [0.3, 0.4) is 0 Å². The summed E-state index contributed by atoms with van der Waals surface area (Å²) in [6, 6.07) is 0. The Morgan fingerprint density at radius 1 is 0.929 bits per heavy atom. The van der Waals surface area contributed by atoms with Crippen molar-refractivity contribution in [2.75, 3.05) is 13.1 Å². The van der Waals surface area contributed by atoms with Crippen LogP contribution in [0.5, 0.6) is 0 Å². The molecule has 0 rings (SSSR count). The van der Waals surface area contributed by atoms with E-state index in [4.69, 9.17) is 0 Å². The first-order chi connectivity index (χ1) is 6.57. The van der Waals surface area contributed by atoms with Gasteiger partial charge in [0.15, 0.2) is 0 Å². The van der Waals surface area contributed by atoms with Gasteiger partial charge in [-0.25, -0.2) is 0 Å². The average Bonchev–Trinajstić information content (AvgIpc) is 2.14. The number of rotatable bonds is 8. The van der Waals surface area contributed by atoms with Crippen LogP contribution in [0.25, 0.3) is 0 Å². The van der Waals surface area contributed by atoms with Gasteiger partial charge in [-0.05, 0) is 37.3 Å². The molecule has 0 aromatic rings. The first-order valence-electron chi connectivity index (χ1n) is 6.28. The Labute approximate surface area is 90.7 Å². The highest BCUT2D eigenvalue weighted by Gasteiger charge is 2.11. The monoisotopic (exact) mass is 199 g/mol. The standard InChI is InChI=1S/C13H29N/c1-6-9-14-10-13(5)12(4)8-7-11(2)3/h11-14H,6-10H2,1-5H3. The van der Waals surface area contributed by atoms with Crippen LogP contribution in [0.2, 0.25) is 0 Å². The van der Waals surface area contributed by atoms with Crippen molar-refractivity contribution in [2.45, 2.75) is 53.9 Å². The third kappa shape index (κ3) is 7.37. The van der Waals surface area contributed by atoms with E-state index in [9.17, 15) is 0 Å². The Balaban J connectivity index is 3.49. The van der Waals surface area contributed by atoms with Crippen molar-refractivity contribution in [2.24, 2.45) is 17.8 Å². The van der Waals surface area contributed by atoms with Crippen molar-refractivity contribution < 1.29 is 0 Å². The predicted octanol–water partition coefficient (Wildman–Crippen LogP) is 3.69. The molecule has 1 nitrogen and oxygen atoms in total. The van der Waals surface area contributed by atoms with E-state index < -0.39 is 0 Å². The van der Waals surface area contributed by atoms with Gasteiger partial charge >= 0.3 is 0 Å². The summed E-state index contributed by atoms with van der Waals surface area (Å²) in [4.78, 5) is 0. The second-order valence-corrected chi connectivity index (χ2v) is 5.13. The molecule has 14 heavy (non-hydrogen) atoms. The molecule has 1 heteroatoms. The molecule has 0 saturated heterocycles. The minimum Gasteiger partial charge on any atom is -0.316 e. The molecule has 0 heterocycles. The largest absolute Gasteiger partial charge is 0.316 e. The first-order valence-corrected chi connectivity index (χ1v) is 6.28. The molecule has 0 radical (unpaired) electrons. The molecule has 86 valence electrons. The minimum atomic E-state index is 0.820. The maximum atomic E-state index is 3.50. The van der Waals surface area contributed by atoms with Crippen LogP contribution in [0, 0.1) is 17.8 Å². The Hall–Kier alpha value is -0.0400. The van der Waals surface area contributed by atoms with E-state index in [0.29, 0.717) is 0 Å². The molecule has 0 bridgehead atoms. The quantitative estimate of drug-likeness (QED) is 0.588. The third-order valence-corrected chi connectivity index (χ3v) is 3.06. The van der Waals surface area contributed by atoms with Gasteiger partial charge in [-0.2, -0.15) is 0 Å². The van der Waals surface area contributed by atoms with Crippen LogP contribution in [-0.2, 0) is 0 Å². The molecule has 0 aromatic carbocycles. The SMILES string of the molecule is CCCNCC(C)C(C)CCC(C)C. The van der Waals surface area contributed by atoms with Crippen molar-refractivity contribution in [3.05, 3.63) is 0 Å². The zero-order valence-electron chi connectivity index (χ0n) is 10.8. The third-order valence-electron chi connectivity index (χ3n) is 3.06. The summed E-state index contributed by atoms with van der Waals surface area (Å²) in [6.07, 6.45) is 4.00. The first kappa shape index (κ1) is 14.0. The molecule has 2 atom stereocenters. The summed E-state index contributed by atoms with van der Waals surface area (Å²) >= 11 is 0. The van der Waals surface area contributed by atoms with Gasteiger partial charge < -0.3 is 5.32 Å². The van der Waals surface area contributed by atoms with Crippen LogP contribution in [-0.4, -0.2) is 13.1 Å². The molecular formula is C13H29N. The van der Waals surface area contributed by atoms with Crippen LogP contribution < -0.4 is 5.32 Å². The van der Waals surface area contributed by atoms with Gasteiger partial charge in [-0.15, -0.1) is 0 Å². The maximum absolute atomic E-state index is 3.50. The van der Waals surface area contributed by atoms with E-state index in [1.807, 2.05) is 0 Å². The van der Waals surface area contributed by atoms with Gasteiger partial charge in [0.2, 0.25) is 0 Å². The molecule has 0 amide bonds. The summed E-state index contributed by atoms with van der Waals surface area (Å²) in [5.74, 6) is 2.54. The molecule has 0 aliphatic rings. The second-order valence-electron chi connectivity index (χ2n) is 5.13. The molecule has 0 fully saturated rings. The van der Waals surface area contributed by atoms with E-state index in [1.54, 1.807) is 0 Å². The van der Waals surface area contributed by atoms with Gasteiger partial charge in [-0.3, -0.25) is 0 Å². The van der Waals surface area contributed by atoms with E-state index in [-0.39, 0.29) is 0 Å². The molecule has 0 aromatic heterocycles. The Morgan fingerprint density at radius 2 is 1.57 bits per heavy atom. The van der Waals surface area contributed by atoms with Gasteiger partial charge in [0.05, 0.1) is 0 Å². The zero-order chi connectivity index (χ0) is 11.0. The van der Waals surface area contributed by atoms with Crippen LogP contribution >= 0.6 is 0 Å². The lowest BCUT2D eigenvalue weighted by Gasteiger charge is -2.21. The van der Waals surface area contributed by atoms with Crippen LogP contribution in [0.4, 0.5) is 0 Å². The fourth-order valence-corrected chi connectivity index (χ4v) is 1.59. The second kappa shape index (κ2) is 8.28. The van der Waals surface area contributed by atoms with Gasteiger partial charge in [0.25, 0.3) is 0 Å². The normalized spacial score (nSPS) is 15.9. The molecule has 0 saturated carbocycles. The summed E-state index contributed by atoms with van der Waals surface area (Å²) in [5, 5.41) is 3.50. The molecule has 0 aliphatic heterocycles. The predicted molar refractivity (Wildman–Crippen MR) is 65.6 cm³/mol. The highest BCUT2D eigenvalue weighted by molar-refractivity contribution is 4.65. The highest BCUT2D eigenvalue weighted by atomic mass is 14.8. The van der Waals surface area contributed by atoms with Crippen LogP contribution in [0.15, 0.2) is 0 Å². The van der Waals surface area contributed by atoms with E-state index in [0.717, 1.165) is 17.8 Å². The fraction of sp³-hybridized carbons (Fsp3) is 1.00. The number of hydrogen-bond acceptors (Lipinski definition) is 1. The molecule has 2 unspecified atom stereocenters.